The van der Waals surface area contributed by atoms with Gasteiger partial charge in [0.15, 0.2) is 11.5 Å². The first-order chi connectivity index (χ1) is 10.4. The Balaban J connectivity index is 2.35. The van der Waals surface area contributed by atoms with Crippen molar-refractivity contribution >= 4 is 23.7 Å². The van der Waals surface area contributed by atoms with E-state index in [2.05, 4.69) is 10.1 Å². The number of fused-ring (bicyclic) bond motifs is 2. The summed E-state index contributed by atoms with van der Waals surface area (Å²) in [6.07, 6.45) is 0. The first kappa shape index (κ1) is 14.2. The normalized spacial score (nSPS) is 26.4. The molecule has 114 valence electrons. The Bertz CT molecular complexity index is 741. The van der Waals surface area contributed by atoms with Crippen LogP contribution in [0.5, 0.6) is 0 Å². The minimum Gasteiger partial charge on any atom is -0.468 e. The Kier molecular flexibility index (Phi) is 2.85. The van der Waals surface area contributed by atoms with Gasteiger partial charge in [-0.3, -0.25) is 24.5 Å². The van der Waals surface area contributed by atoms with Crippen LogP contribution in [-0.4, -0.2) is 42.7 Å². The number of esters is 1. The number of rotatable bonds is 1. The summed E-state index contributed by atoms with van der Waals surface area (Å²) >= 11 is 0. The Hall–Kier alpha value is -2.70. The number of hydrogen-bond donors (Lipinski definition) is 1. The molecule has 0 aliphatic carbocycles. The molecule has 2 aliphatic heterocycles. The molecular weight excluding hydrogens is 288 g/mol. The van der Waals surface area contributed by atoms with Crippen LogP contribution in [0.1, 0.15) is 21.5 Å². The van der Waals surface area contributed by atoms with E-state index in [1.165, 1.54) is 7.05 Å². The molecule has 0 aromatic heterocycles. The maximum Gasteiger partial charge on any atom is 0.321 e. The molecule has 1 aromatic carbocycles. The van der Waals surface area contributed by atoms with Crippen LogP contribution in [0.3, 0.4) is 0 Å². The molecule has 0 saturated carbocycles. The van der Waals surface area contributed by atoms with E-state index in [4.69, 9.17) is 0 Å². The topological polar surface area (TPSA) is 92.8 Å². The molecule has 22 heavy (non-hydrogen) atoms. The van der Waals surface area contributed by atoms with Crippen molar-refractivity contribution in [2.45, 2.75) is 12.5 Å². The minimum absolute atomic E-state index is 0.351. The summed E-state index contributed by atoms with van der Waals surface area (Å²) < 4.78 is 4.68. The van der Waals surface area contributed by atoms with E-state index in [1.54, 1.807) is 25.1 Å². The van der Waals surface area contributed by atoms with Gasteiger partial charge in [-0.1, -0.05) is 18.2 Å². The number of carbonyl (C=O) groups excluding carboxylic acids is 4. The number of carbonyl (C=O) groups is 4. The van der Waals surface area contributed by atoms with E-state index < -0.39 is 35.1 Å². The number of benzene rings is 1. The predicted molar refractivity (Wildman–Crippen MR) is 73.6 cm³/mol. The summed E-state index contributed by atoms with van der Waals surface area (Å²) in [6, 6.07) is 5.02. The van der Waals surface area contributed by atoms with E-state index in [-0.39, 0.29) is 0 Å². The molecule has 0 bridgehead atoms. The smallest absolute Gasteiger partial charge is 0.321 e. The van der Waals surface area contributed by atoms with Crippen LogP contribution >= 0.6 is 0 Å². The van der Waals surface area contributed by atoms with Gasteiger partial charge in [0.2, 0.25) is 5.91 Å². The molecule has 3 rings (SSSR count). The standard InChI is InChI=1S/C15H14N2O5/c1-7-5-4-6-8-9(7)12(19)17(2)15(8)10(13(20)22-3)11(18)16-14(15)21/h4-6,10H,1-3H3,(H,16,18,21). The molecular formula is C15H14N2O5. The fourth-order valence-corrected chi connectivity index (χ4v) is 3.40. The van der Waals surface area contributed by atoms with E-state index >= 15 is 0 Å². The maximum atomic E-state index is 12.6. The summed E-state index contributed by atoms with van der Waals surface area (Å²) in [7, 11) is 2.55. The highest BCUT2D eigenvalue weighted by Gasteiger charge is 2.67. The third-order valence-electron chi connectivity index (χ3n) is 4.43. The van der Waals surface area contributed by atoms with Gasteiger partial charge in [-0.05, 0) is 12.5 Å². The van der Waals surface area contributed by atoms with Crippen molar-refractivity contribution in [2.75, 3.05) is 14.2 Å². The van der Waals surface area contributed by atoms with Gasteiger partial charge in [0.05, 0.1) is 7.11 Å². The van der Waals surface area contributed by atoms with Gasteiger partial charge in [0, 0.05) is 18.2 Å². The number of imide groups is 1. The molecule has 1 N–H and O–H groups in total. The van der Waals surface area contributed by atoms with Gasteiger partial charge in [-0.2, -0.15) is 0 Å². The lowest BCUT2D eigenvalue weighted by Gasteiger charge is -2.32. The number of hydrogen-bond acceptors (Lipinski definition) is 5. The summed E-state index contributed by atoms with van der Waals surface area (Å²) in [5, 5.41) is 2.15. The average molecular weight is 302 g/mol. The molecule has 1 fully saturated rings. The Morgan fingerprint density at radius 2 is 2.00 bits per heavy atom. The number of ether oxygens (including phenoxy) is 1. The number of nitrogens with one attached hydrogen (secondary N) is 1. The Labute approximate surface area is 126 Å². The zero-order chi connectivity index (χ0) is 16.2. The number of likely N-dealkylation sites (N-methyl/N-ethyl adjacent to an activating group) is 1. The monoisotopic (exact) mass is 302 g/mol. The lowest BCUT2D eigenvalue weighted by atomic mass is 9.79. The highest BCUT2D eigenvalue weighted by molar-refractivity contribution is 6.22. The van der Waals surface area contributed by atoms with Crippen molar-refractivity contribution in [3.05, 3.63) is 34.9 Å². The van der Waals surface area contributed by atoms with Gasteiger partial charge in [-0.25, -0.2) is 0 Å². The molecule has 1 spiro atoms. The van der Waals surface area contributed by atoms with E-state index in [1.807, 2.05) is 0 Å². The molecule has 3 amide bonds. The SMILES string of the molecule is COC(=O)C1C(=O)NC(=O)C12c1cccc(C)c1C(=O)N2C. The minimum atomic E-state index is -1.68. The molecule has 2 heterocycles. The third-order valence-corrected chi connectivity index (χ3v) is 4.43. The van der Waals surface area contributed by atoms with Crippen molar-refractivity contribution in [3.63, 3.8) is 0 Å². The third kappa shape index (κ3) is 1.40. The highest BCUT2D eigenvalue weighted by Crippen LogP contribution is 2.47. The highest BCUT2D eigenvalue weighted by atomic mass is 16.5. The second-order valence-corrected chi connectivity index (χ2v) is 5.40. The van der Waals surface area contributed by atoms with Crippen molar-refractivity contribution < 1.29 is 23.9 Å². The second-order valence-electron chi connectivity index (χ2n) is 5.40. The summed E-state index contributed by atoms with van der Waals surface area (Å²) in [6.45, 7) is 1.74. The van der Waals surface area contributed by atoms with Crippen LogP contribution in [0.15, 0.2) is 18.2 Å². The zero-order valence-corrected chi connectivity index (χ0v) is 12.3. The zero-order valence-electron chi connectivity index (χ0n) is 12.3. The van der Waals surface area contributed by atoms with Crippen LogP contribution < -0.4 is 5.32 Å². The fourth-order valence-electron chi connectivity index (χ4n) is 3.40. The summed E-state index contributed by atoms with van der Waals surface area (Å²) in [5.74, 6) is -4.11. The summed E-state index contributed by atoms with van der Waals surface area (Å²) in [5.41, 5.74) is -0.285. The summed E-state index contributed by atoms with van der Waals surface area (Å²) in [4.78, 5) is 50.5. The molecule has 7 nitrogen and oxygen atoms in total. The quantitative estimate of drug-likeness (QED) is 0.437. The average Bonchev–Trinajstić information content (AvgIpc) is 2.87. The Morgan fingerprint density at radius 3 is 2.64 bits per heavy atom. The number of nitrogens with zero attached hydrogens (tertiary/aromatic N) is 1. The second kappa shape index (κ2) is 4.40. The van der Waals surface area contributed by atoms with Crippen molar-refractivity contribution in [2.24, 2.45) is 5.92 Å². The molecule has 7 heteroatoms. The molecule has 2 unspecified atom stereocenters. The van der Waals surface area contributed by atoms with Crippen LogP contribution in [0.25, 0.3) is 0 Å². The largest absolute Gasteiger partial charge is 0.468 e. The van der Waals surface area contributed by atoms with Gasteiger partial charge in [0.25, 0.3) is 11.8 Å². The molecule has 1 aromatic rings. The van der Waals surface area contributed by atoms with E-state index in [0.29, 0.717) is 16.7 Å². The number of aryl methyl sites for hydroxylation is 1. The van der Waals surface area contributed by atoms with Gasteiger partial charge in [-0.15, -0.1) is 0 Å². The van der Waals surface area contributed by atoms with Crippen LogP contribution in [0, 0.1) is 12.8 Å². The van der Waals surface area contributed by atoms with Crippen molar-refractivity contribution in [1.29, 1.82) is 0 Å². The Morgan fingerprint density at radius 1 is 1.32 bits per heavy atom. The van der Waals surface area contributed by atoms with Crippen molar-refractivity contribution in [3.8, 4) is 0 Å². The van der Waals surface area contributed by atoms with Gasteiger partial charge >= 0.3 is 5.97 Å². The first-order valence-electron chi connectivity index (χ1n) is 6.68. The lowest BCUT2D eigenvalue weighted by Crippen LogP contribution is -2.53. The number of amides is 3. The lowest BCUT2D eigenvalue weighted by molar-refractivity contribution is -0.154. The first-order valence-corrected chi connectivity index (χ1v) is 6.68. The maximum absolute atomic E-state index is 12.6. The molecule has 1 saturated heterocycles. The van der Waals surface area contributed by atoms with Crippen LogP contribution in [0.2, 0.25) is 0 Å². The van der Waals surface area contributed by atoms with E-state index in [0.717, 1.165) is 12.0 Å². The van der Waals surface area contributed by atoms with Crippen molar-refractivity contribution in [1.82, 2.24) is 10.2 Å². The fraction of sp³-hybridized carbons (Fsp3) is 0.333. The predicted octanol–water partition coefficient (Wildman–Crippen LogP) is -0.278. The van der Waals surface area contributed by atoms with Gasteiger partial charge < -0.3 is 9.64 Å². The number of methoxy groups -OCH3 is 1. The van der Waals surface area contributed by atoms with Gasteiger partial charge in [0.1, 0.15) is 0 Å². The molecule has 2 atom stereocenters. The molecule has 0 radical (unpaired) electrons. The molecule has 2 aliphatic rings. The van der Waals surface area contributed by atoms with Crippen LogP contribution in [0.4, 0.5) is 0 Å². The van der Waals surface area contributed by atoms with E-state index in [9.17, 15) is 19.2 Å². The van der Waals surface area contributed by atoms with Crippen LogP contribution in [-0.2, 0) is 24.7 Å².